The van der Waals surface area contributed by atoms with Crippen LogP contribution in [0.2, 0.25) is 0 Å². The highest BCUT2D eigenvalue weighted by Crippen LogP contribution is 2.08. The van der Waals surface area contributed by atoms with Crippen molar-refractivity contribution in [2.75, 3.05) is 10.6 Å². The van der Waals surface area contributed by atoms with Gasteiger partial charge < -0.3 is 10.6 Å². The molecule has 2 aromatic rings. The lowest BCUT2D eigenvalue weighted by Gasteiger charge is -2.04. The number of anilines is 2. The molecule has 2 rings (SSSR count). The Balaban J connectivity index is 1.89. The summed E-state index contributed by atoms with van der Waals surface area (Å²) in [6, 6.07) is 14.2. The molecule has 0 aliphatic heterocycles. The number of para-hydroxylation sites is 1. The van der Waals surface area contributed by atoms with E-state index in [9.17, 15) is 14.0 Å². The van der Waals surface area contributed by atoms with Gasteiger partial charge in [-0.15, -0.1) is 0 Å². The van der Waals surface area contributed by atoms with Crippen LogP contribution in [-0.4, -0.2) is 17.4 Å². The highest BCUT2D eigenvalue weighted by Gasteiger charge is 2.15. The molecule has 0 aliphatic rings. The van der Waals surface area contributed by atoms with E-state index in [4.69, 9.17) is 5.41 Å². The standard InChI is InChI=1S/C17H14FN3O2/c18-12-6-8-14(9-7-12)21-17(23)16(19)15(22)10-11-20-13-4-2-1-3-5-13/h1-11,19-20H,(H,21,23)/b11-10-,19-16?. The van der Waals surface area contributed by atoms with Gasteiger partial charge in [0.15, 0.2) is 5.71 Å². The molecule has 0 spiro atoms. The van der Waals surface area contributed by atoms with Gasteiger partial charge in [0.05, 0.1) is 0 Å². The minimum atomic E-state index is -0.856. The zero-order chi connectivity index (χ0) is 16.7. The summed E-state index contributed by atoms with van der Waals surface area (Å²) in [6.45, 7) is 0. The van der Waals surface area contributed by atoms with E-state index >= 15 is 0 Å². The first-order valence-electron chi connectivity index (χ1n) is 6.74. The molecule has 0 aromatic heterocycles. The third-order valence-corrected chi connectivity index (χ3v) is 2.83. The van der Waals surface area contributed by atoms with Gasteiger partial charge in [0.1, 0.15) is 5.82 Å². The van der Waals surface area contributed by atoms with Gasteiger partial charge in [0, 0.05) is 23.7 Å². The molecule has 0 unspecified atom stereocenters. The van der Waals surface area contributed by atoms with Crippen molar-refractivity contribution in [3.8, 4) is 0 Å². The summed E-state index contributed by atoms with van der Waals surface area (Å²) in [6.07, 6.45) is 2.46. The van der Waals surface area contributed by atoms with Crippen LogP contribution in [-0.2, 0) is 9.59 Å². The molecular formula is C17H14FN3O2. The molecule has 0 saturated heterocycles. The van der Waals surface area contributed by atoms with Gasteiger partial charge in [-0.05, 0) is 36.4 Å². The number of carbonyl (C=O) groups excluding carboxylic acids is 2. The first-order chi connectivity index (χ1) is 11.1. The molecular weight excluding hydrogens is 297 g/mol. The average Bonchev–Trinajstić information content (AvgIpc) is 2.57. The Bertz CT molecular complexity index is 740. The molecule has 2 aromatic carbocycles. The van der Waals surface area contributed by atoms with Crippen LogP contribution in [0.3, 0.4) is 0 Å². The molecule has 0 aliphatic carbocycles. The van der Waals surface area contributed by atoms with Crippen molar-refractivity contribution in [3.63, 3.8) is 0 Å². The highest BCUT2D eigenvalue weighted by molar-refractivity contribution is 6.68. The van der Waals surface area contributed by atoms with Crippen molar-refractivity contribution in [2.24, 2.45) is 0 Å². The minimum absolute atomic E-state index is 0.306. The first-order valence-corrected chi connectivity index (χ1v) is 6.74. The number of amides is 1. The van der Waals surface area contributed by atoms with Gasteiger partial charge in [-0.25, -0.2) is 4.39 Å². The van der Waals surface area contributed by atoms with E-state index < -0.39 is 23.2 Å². The number of benzene rings is 2. The van der Waals surface area contributed by atoms with Gasteiger partial charge in [-0.3, -0.25) is 15.0 Å². The second-order valence-corrected chi connectivity index (χ2v) is 4.54. The summed E-state index contributed by atoms with van der Waals surface area (Å²) in [5, 5.41) is 12.8. The Morgan fingerprint density at radius 2 is 1.61 bits per heavy atom. The van der Waals surface area contributed by atoms with Crippen LogP contribution in [0.5, 0.6) is 0 Å². The predicted octanol–water partition coefficient (Wildman–Crippen LogP) is 2.98. The maximum absolute atomic E-state index is 12.8. The maximum atomic E-state index is 12.8. The van der Waals surface area contributed by atoms with Crippen LogP contribution in [0, 0.1) is 11.2 Å². The van der Waals surface area contributed by atoms with E-state index in [2.05, 4.69) is 10.6 Å². The van der Waals surface area contributed by atoms with Gasteiger partial charge in [-0.1, -0.05) is 18.2 Å². The van der Waals surface area contributed by atoms with Crippen LogP contribution < -0.4 is 10.6 Å². The first kappa shape index (κ1) is 16.1. The number of hydrogen-bond acceptors (Lipinski definition) is 4. The van der Waals surface area contributed by atoms with E-state index in [1.54, 1.807) is 12.1 Å². The van der Waals surface area contributed by atoms with Gasteiger partial charge in [-0.2, -0.15) is 0 Å². The van der Waals surface area contributed by atoms with E-state index in [1.165, 1.54) is 30.5 Å². The van der Waals surface area contributed by atoms with Crippen molar-refractivity contribution >= 4 is 28.8 Å². The monoisotopic (exact) mass is 311 g/mol. The summed E-state index contributed by atoms with van der Waals surface area (Å²) in [5.41, 5.74) is 0.375. The fourth-order valence-electron chi connectivity index (χ4n) is 1.67. The van der Waals surface area contributed by atoms with Gasteiger partial charge in [0.25, 0.3) is 5.91 Å². The number of nitrogens with one attached hydrogen (secondary N) is 3. The van der Waals surface area contributed by atoms with Crippen LogP contribution in [0.25, 0.3) is 0 Å². The number of hydrogen-bond donors (Lipinski definition) is 3. The van der Waals surface area contributed by atoms with Crippen molar-refractivity contribution < 1.29 is 14.0 Å². The third kappa shape index (κ3) is 4.89. The molecule has 23 heavy (non-hydrogen) atoms. The van der Waals surface area contributed by atoms with Crippen LogP contribution in [0.15, 0.2) is 66.9 Å². The topological polar surface area (TPSA) is 82.1 Å². The Hall–Kier alpha value is -3.28. The number of ketones is 1. The fraction of sp³-hybridized carbons (Fsp3) is 0. The number of carbonyl (C=O) groups is 2. The lowest BCUT2D eigenvalue weighted by Crippen LogP contribution is -2.28. The zero-order valence-electron chi connectivity index (χ0n) is 12.0. The molecule has 1 amide bonds. The SMILES string of the molecule is N=C(C(=O)/C=C\Nc1ccccc1)C(=O)Nc1ccc(F)cc1. The maximum Gasteiger partial charge on any atom is 0.277 e. The molecule has 0 saturated carbocycles. The predicted molar refractivity (Wildman–Crippen MR) is 87.0 cm³/mol. The van der Waals surface area contributed by atoms with Gasteiger partial charge >= 0.3 is 0 Å². The second-order valence-electron chi connectivity index (χ2n) is 4.54. The second kappa shape index (κ2) is 7.65. The highest BCUT2D eigenvalue weighted by atomic mass is 19.1. The largest absolute Gasteiger partial charge is 0.362 e. The van der Waals surface area contributed by atoms with Crippen LogP contribution >= 0.6 is 0 Å². The molecule has 0 fully saturated rings. The summed E-state index contributed by atoms with van der Waals surface area (Å²) in [7, 11) is 0. The Kier molecular flexibility index (Phi) is 5.35. The van der Waals surface area contributed by atoms with Gasteiger partial charge in [0.2, 0.25) is 5.78 Å². The molecule has 5 nitrogen and oxygen atoms in total. The van der Waals surface area contributed by atoms with E-state index in [1.807, 2.05) is 18.2 Å². The van der Waals surface area contributed by atoms with Crippen molar-refractivity contribution in [2.45, 2.75) is 0 Å². The molecule has 0 heterocycles. The average molecular weight is 311 g/mol. The molecule has 0 bridgehead atoms. The van der Waals surface area contributed by atoms with E-state index in [0.29, 0.717) is 5.69 Å². The molecule has 0 radical (unpaired) electrons. The lowest BCUT2D eigenvalue weighted by atomic mass is 10.2. The number of allylic oxidation sites excluding steroid dienone is 1. The van der Waals surface area contributed by atoms with E-state index in [0.717, 1.165) is 11.8 Å². The normalized spacial score (nSPS) is 10.3. The Morgan fingerprint density at radius 1 is 0.957 bits per heavy atom. The summed E-state index contributed by atoms with van der Waals surface area (Å²) < 4.78 is 12.8. The zero-order valence-corrected chi connectivity index (χ0v) is 12.0. The lowest BCUT2D eigenvalue weighted by molar-refractivity contribution is -0.113. The van der Waals surface area contributed by atoms with Crippen molar-refractivity contribution in [1.82, 2.24) is 0 Å². The third-order valence-electron chi connectivity index (χ3n) is 2.83. The van der Waals surface area contributed by atoms with Crippen LogP contribution in [0.1, 0.15) is 0 Å². The molecule has 6 heteroatoms. The van der Waals surface area contributed by atoms with Crippen LogP contribution in [0.4, 0.5) is 15.8 Å². The molecule has 116 valence electrons. The summed E-state index contributed by atoms with van der Waals surface area (Å²) >= 11 is 0. The number of halogens is 1. The number of rotatable bonds is 6. The van der Waals surface area contributed by atoms with Crippen molar-refractivity contribution in [3.05, 3.63) is 72.7 Å². The minimum Gasteiger partial charge on any atom is -0.362 e. The smallest absolute Gasteiger partial charge is 0.277 e. The van der Waals surface area contributed by atoms with E-state index in [-0.39, 0.29) is 0 Å². The summed E-state index contributed by atoms with van der Waals surface area (Å²) in [5.74, 6) is -2.04. The Labute approximate surface area is 132 Å². The Morgan fingerprint density at radius 3 is 2.26 bits per heavy atom. The van der Waals surface area contributed by atoms with Crippen molar-refractivity contribution in [1.29, 1.82) is 5.41 Å². The molecule has 3 N–H and O–H groups in total. The fourth-order valence-corrected chi connectivity index (χ4v) is 1.67. The molecule has 0 atom stereocenters. The summed E-state index contributed by atoms with van der Waals surface area (Å²) in [4.78, 5) is 23.5. The quantitative estimate of drug-likeness (QED) is 0.436.